The quantitative estimate of drug-likeness (QED) is 0.496. The third kappa shape index (κ3) is 7.30. The monoisotopic (exact) mass is 397 g/mol. The van der Waals surface area contributed by atoms with Crippen LogP contribution >= 0.6 is 0 Å². The average molecular weight is 398 g/mol. The lowest BCUT2D eigenvalue weighted by Gasteiger charge is -2.27. The molecule has 2 aromatic rings. The zero-order valence-electron chi connectivity index (χ0n) is 19.6. The van der Waals surface area contributed by atoms with Crippen molar-refractivity contribution < 1.29 is 9.47 Å². The fraction of sp³-hybridized carbons (Fsp3) is 0.538. The third-order valence-corrected chi connectivity index (χ3v) is 4.76. The molecule has 0 aliphatic heterocycles. The van der Waals surface area contributed by atoms with Gasteiger partial charge in [-0.15, -0.1) is 0 Å². The highest BCUT2D eigenvalue weighted by Gasteiger charge is 2.23. The van der Waals surface area contributed by atoms with Crippen molar-refractivity contribution in [2.75, 3.05) is 25.1 Å². The number of rotatable bonds is 8. The standard InChI is InChI=1S/C26H39NO2/c1-19(2)18-29-22-11-9-10-21(17-22)27-14-15-28-24-13-12-20(25(3,4)5)16-23(24)26(6,7)8/h9-13,16-17,19,27H,14-15,18H2,1-8H3. The van der Waals surface area contributed by atoms with E-state index >= 15 is 0 Å². The SMILES string of the molecule is CC(C)COc1cccc(NCCOc2ccc(C(C)(C)C)cc2C(C)(C)C)c1. The van der Waals surface area contributed by atoms with Crippen LogP contribution < -0.4 is 14.8 Å². The van der Waals surface area contributed by atoms with Crippen molar-refractivity contribution in [3.63, 3.8) is 0 Å². The van der Waals surface area contributed by atoms with E-state index in [2.05, 4.69) is 85.0 Å². The summed E-state index contributed by atoms with van der Waals surface area (Å²) in [4.78, 5) is 0. The Morgan fingerprint density at radius 1 is 0.862 bits per heavy atom. The predicted molar refractivity (Wildman–Crippen MR) is 125 cm³/mol. The molecular formula is C26H39NO2. The minimum absolute atomic E-state index is 0.0338. The van der Waals surface area contributed by atoms with Gasteiger partial charge in [-0.3, -0.25) is 0 Å². The first-order valence-electron chi connectivity index (χ1n) is 10.7. The van der Waals surface area contributed by atoms with Crippen LogP contribution in [0, 0.1) is 5.92 Å². The van der Waals surface area contributed by atoms with Crippen LogP contribution in [0.1, 0.15) is 66.5 Å². The van der Waals surface area contributed by atoms with Crippen molar-refractivity contribution in [2.45, 2.75) is 66.2 Å². The summed E-state index contributed by atoms with van der Waals surface area (Å²) in [6, 6.07) is 14.7. The molecule has 0 spiro atoms. The molecule has 1 N–H and O–H groups in total. The van der Waals surface area contributed by atoms with Crippen molar-refractivity contribution in [3.05, 3.63) is 53.6 Å². The molecule has 0 unspecified atom stereocenters. The molecule has 29 heavy (non-hydrogen) atoms. The van der Waals surface area contributed by atoms with Gasteiger partial charge in [-0.05, 0) is 46.1 Å². The predicted octanol–water partition coefficient (Wildman–Crippen LogP) is 6.81. The molecular weight excluding hydrogens is 358 g/mol. The fourth-order valence-electron chi connectivity index (χ4n) is 3.02. The van der Waals surface area contributed by atoms with Crippen LogP contribution in [0.4, 0.5) is 5.69 Å². The minimum atomic E-state index is 0.0338. The smallest absolute Gasteiger partial charge is 0.123 e. The molecule has 0 saturated carbocycles. The second kappa shape index (κ2) is 9.56. The molecule has 0 bridgehead atoms. The minimum Gasteiger partial charge on any atom is -0.493 e. The van der Waals surface area contributed by atoms with E-state index in [4.69, 9.17) is 9.47 Å². The van der Waals surface area contributed by atoms with Gasteiger partial charge in [0.15, 0.2) is 0 Å². The summed E-state index contributed by atoms with van der Waals surface area (Å²) in [6.45, 7) is 19.8. The van der Waals surface area contributed by atoms with Gasteiger partial charge in [0.25, 0.3) is 0 Å². The summed E-state index contributed by atoms with van der Waals surface area (Å²) < 4.78 is 12.0. The van der Waals surface area contributed by atoms with Crippen molar-refractivity contribution in [3.8, 4) is 11.5 Å². The Bertz CT molecular complexity index is 782. The average Bonchev–Trinajstić information content (AvgIpc) is 2.62. The Morgan fingerprint density at radius 3 is 2.21 bits per heavy atom. The van der Waals surface area contributed by atoms with Gasteiger partial charge in [0.1, 0.15) is 18.1 Å². The van der Waals surface area contributed by atoms with Gasteiger partial charge < -0.3 is 14.8 Å². The molecule has 0 aromatic heterocycles. The molecule has 0 amide bonds. The van der Waals surface area contributed by atoms with Gasteiger partial charge in [0.05, 0.1) is 6.61 Å². The third-order valence-electron chi connectivity index (χ3n) is 4.76. The van der Waals surface area contributed by atoms with Crippen LogP contribution in [0.25, 0.3) is 0 Å². The molecule has 3 heteroatoms. The van der Waals surface area contributed by atoms with E-state index in [9.17, 15) is 0 Å². The van der Waals surface area contributed by atoms with Crippen molar-refractivity contribution in [1.82, 2.24) is 0 Å². The molecule has 0 heterocycles. The molecule has 2 aromatic carbocycles. The summed E-state index contributed by atoms with van der Waals surface area (Å²) in [6.07, 6.45) is 0. The topological polar surface area (TPSA) is 30.5 Å². The molecule has 2 rings (SSSR count). The van der Waals surface area contributed by atoms with Crippen LogP contribution in [0.3, 0.4) is 0 Å². The number of benzene rings is 2. The summed E-state index contributed by atoms with van der Waals surface area (Å²) in [7, 11) is 0. The summed E-state index contributed by atoms with van der Waals surface area (Å²) in [5.74, 6) is 2.39. The molecule has 160 valence electrons. The zero-order chi connectivity index (χ0) is 21.7. The lowest BCUT2D eigenvalue weighted by atomic mass is 9.80. The lowest BCUT2D eigenvalue weighted by Crippen LogP contribution is -2.19. The number of hydrogen-bond acceptors (Lipinski definition) is 3. The molecule has 0 atom stereocenters. The van der Waals surface area contributed by atoms with E-state index in [1.807, 2.05) is 18.2 Å². The maximum absolute atomic E-state index is 6.17. The van der Waals surface area contributed by atoms with E-state index in [0.29, 0.717) is 12.5 Å². The van der Waals surface area contributed by atoms with Crippen molar-refractivity contribution in [1.29, 1.82) is 0 Å². The second-order valence-electron chi connectivity index (χ2n) is 10.2. The maximum Gasteiger partial charge on any atom is 0.123 e. The Labute approximate surface area is 177 Å². The number of anilines is 1. The highest BCUT2D eigenvalue weighted by atomic mass is 16.5. The highest BCUT2D eigenvalue weighted by molar-refractivity contribution is 5.48. The molecule has 0 fully saturated rings. The molecule has 0 saturated heterocycles. The van der Waals surface area contributed by atoms with Gasteiger partial charge in [0, 0.05) is 18.3 Å². The van der Waals surface area contributed by atoms with Crippen LogP contribution in [0.15, 0.2) is 42.5 Å². The Morgan fingerprint density at radius 2 is 1.59 bits per heavy atom. The van der Waals surface area contributed by atoms with Gasteiger partial charge in [-0.1, -0.05) is 73.6 Å². The number of nitrogens with one attached hydrogen (secondary N) is 1. The van der Waals surface area contributed by atoms with Crippen LogP contribution in [-0.2, 0) is 10.8 Å². The molecule has 0 aliphatic rings. The van der Waals surface area contributed by atoms with Crippen LogP contribution in [-0.4, -0.2) is 19.8 Å². The van der Waals surface area contributed by atoms with Crippen molar-refractivity contribution >= 4 is 5.69 Å². The zero-order valence-corrected chi connectivity index (χ0v) is 19.6. The summed E-state index contributed by atoms with van der Waals surface area (Å²) in [5, 5.41) is 3.43. The first-order valence-corrected chi connectivity index (χ1v) is 10.7. The van der Waals surface area contributed by atoms with E-state index in [0.717, 1.165) is 30.3 Å². The van der Waals surface area contributed by atoms with E-state index in [1.54, 1.807) is 0 Å². The van der Waals surface area contributed by atoms with E-state index in [1.165, 1.54) is 11.1 Å². The Hall–Kier alpha value is -2.16. The Kier molecular flexibility index (Phi) is 7.62. The number of ether oxygens (including phenoxy) is 2. The fourth-order valence-corrected chi connectivity index (χ4v) is 3.02. The lowest BCUT2D eigenvalue weighted by molar-refractivity contribution is 0.271. The van der Waals surface area contributed by atoms with E-state index < -0.39 is 0 Å². The summed E-state index contributed by atoms with van der Waals surface area (Å²) in [5.41, 5.74) is 3.81. The van der Waals surface area contributed by atoms with Gasteiger partial charge in [-0.2, -0.15) is 0 Å². The normalized spacial score (nSPS) is 12.2. The highest BCUT2D eigenvalue weighted by Crippen LogP contribution is 2.35. The summed E-state index contributed by atoms with van der Waals surface area (Å²) >= 11 is 0. The van der Waals surface area contributed by atoms with E-state index in [-0.39, 0.29) is 10.8 Å². The molecule has 3 nitrogen and oxygen atoms in total. The van der Waals surface area contributed by atoms with Crippen LogP contribution in [0.2, 0.25) is 0 Å². The number of hydrogen-bond donors (Lipinski definition) is 1. The Balaban J connectivity index is 1.98. The van der Waals surface area contributed by atoms with Gasteiger partial charge >= 0.3 is 0 Å². The first-order chi connectivity index (χ1) is 13.5. The molecule has 0 aliphatic carbocycles. The van der Waals surface area contributed by atoms with Crippen molar-refractivity contribution in [2.24, 2.45) is 5.92 Å². The first kappa shape index (κ1) is 23.1. The second-order valence-corrected chi connectivity index (χ2v) is 10.2. The largest absolute Gasteiger partial charge is 0.493 e. The van der Waals surface area contributed by atoms with Crippen LogP contribution in [0.5, 0.6) is 11.5 Å². The van der Waals surface area contributed by atoms with Gasteiger partial charge in [0.2, 0.25) is 0 Å². The maximum atomic E-state index is 6.17. The van der Waals surface area contributed by atoms with Gasteiger partial charge in [-0.25, -0.2) is 0 Å². The molecule has 0 radical (unpaired) electrons.